The molecule has 0 unspecified atom stereocenters. The minimum absolute atomic E-state index is 0.210. The van der Waals surface area contributed by atoms with Crippen LogP contribution in [0.3, 0.4) is 0 Å². The lowest BCUT2D eigenvalue weighted by Gasteiger charge is -2.23. The Morgan fingerprint density at radius 1 is 1.16 bits per heavy atom. The van der Waals surface area contributed by atoms with Gasteiger partial charge in [-0.2, -0.15) is 0 Å². The second-order valence-electron chi connectivity index (χ2n) is 6.76. The SMILES string of the molecule is CC(=Cn1c2c(c3cc(Cl)ccc31)CN(C)CC2)c1ccc(F)cc1. The molecule has 2 nitrogen and oxygen atoms in total. The van der Waals surface area contributed by atoms with Gasteiger partial charge >= 0.3 is 0 Å². The molecule has 0 saturated carbocycles. The molecule has 0 N–H and O–H groups in total. The molecule has 2 heterocycles. The third kappa shape index (κ3) is 2.99. The molecule has 0 atom stereocenters. The normalized spacial score (nSPS) is 15.6. The highest BCUT2D eigenvalue weighted by molar-refractivity contribution is 6.31. The van der Waals surface area contributed by atoms with Gasteiger partial charge in [-0.15, -0.1) is 0 Å². The Morgan fingerprint density at radius 2 is 1.92 bits per heavy atom. The van der Waals surface area contributed by atoms with Crippen LogP contribution in [-0.4, -0.2) is 23.1 Å². The highest BCUT2D eigenvalue weighted by Crippen LogP contribution is 2.33. The van der Waals surface area contributed by atoms with Crippen molar-refractivity contribution in [1.82, 2.24) is 9.47 Å². The molecule has 4 heteroatoms. The fourth-order valence-electron chi connectivity index (χ4n) is 3.63. The van der Waals surface area contributed by atoms with E-state index in [9.17, 15) is 4.39 Å². The lowest BCUT2D eigenvalue weighted by molar-refractivity contribution is 0.312. The van der Waals surface area contributed by atoms with Crippen molar-refractivity contribution in [2.75, 3.05) is 13.6 Å². The molecular formula is C21H20ClFN2. The van der Waals surface area contributed by atoms with Crippen molar-refractivity contribution in [2.45, 2.75) is 19.9 Å². The van der Waals surface area contributed by atoms with Gasteiger partial charge < -0.3 is 9.47 Å². The summed E-state index contributed by atoms with van der Waals surface area (Å²) < 4.78 is 15.5. The number of hydrogen-bond donors (Lipinski definition) is 0. The highest BCUT2D eigenvalue weighted by Gasteiger charge is 2.22. The van der Waals surface area contributed by atoms with Gasteiger partial charge in [0.25, 0.3) is 0 Å². The smallest absolute Gasteiger partial charge is 0.123 e. The molecule has 3 aromatic rings. The van der Waals surface area contributed by atoms with E-state index in [0.29, 0.717) is 0 Å². The van der Waals surface area contributed by atoms with E-state index in [2.05, 4.69) is 41.8 Å². The molecule has 4 rings (SSSR count). The Balaban J connectivity index is 1.89. The first-order chi connectivity index (χ1) is 12.0. The van der Waals surface area contributed by atoms with E-state index in [1.807, 2.05) is 18.2 Å². The van der Waals surface area contributed by atoms with Crippen LogP contribution in [0.5, 0.6) is 0 Å². The van der Waals surface area contributed by atoms with E-state index in [0.717, 1.165) is 35.7 Å². The Morgan fingerprint density at radius 3 is 2.68 bits per heavy atom. The van der Waals surface area contributed by atoms with Crippen molar-refractivity contribution in [2.24, 2.45) is 0 Å². The molecule has 25 heavy (non-hydrogen) atoms. The molecular weight excluding hydrogens is 335 g/mol. The van der Waals surface area contributed by atoms with E-state index in [-0.39, 0.29) is 5.82 Å². The molecule has 2 aromatic carbocycles. The number of likely N-dealkylation sites (N-methyl/N-ethyl adjacent to an activating group) is 1. The van der Waals surface area contributed by atoms with Gasteiger partial charge in [-0.05, 0) is 61.0 Å². The van der Waals surface area contributed by atoms with Crippen molar-refractivity contribution >= 4 is 34.3 Å². The zero-order valence-corrected chi connectivity index (χ0v) is 15.1. The summed E-state index contributed by atoms with van der Waals surface area (Å²) in [6.45, 7) is 4.04. The second-order valence-corrected chi connectivity index (χ2v) is 7.20. The molecule has 0 saturated heterocycles. The molecule has 0 amide bonds. The molecule has 0 aliphatic carbocycles. The predicted molar refractivity (Wildman–Crippen MR) is 103 cm³/mol. The molecule has 1 aromatic heterocycles. The van der Waals surface area contributed by atoms with E-state index in [1.165, 1.54) is 34.3 Å². The maximum atomic E-state index is 13.2. The largest absolute Gasteiger partial charge is 0.320 e. The average Bonchev–Trinajstić information content (AvgIpc) is 2.88. The number of rotatable bonds is 2. The monoisotopic (exact) mass is 354 g/mol. The first kappa shape index (κ1) is 16.4. The van der Waals surface area contributed by atoms with Crippen LogP contribution < -0.4 is 0 Å². The number of hydrogen-bond acceptors (Lipinski definition) is 1. The lowest BCUT2D eigenvalue weighted by Crippen LogP contribution is -2.26. The number of aromatic nitrogens is 1. The molecule has 0 spiro atoms. The van der Waals surface area contributed by atoms with E-state index >= 15 is 0 Å². The minimum Gasteiger partial charge on any atom is -0.320 e. The number of benzene rings is 2. The van der Waals surface area contributed by atoms with Crippen LogP contribution in [0.4, 0.5) is 4.39 Å². The number of allylic oxidation sites excluding steroid dienone is 1. The summed E-state index contributed by atoms with van der Waals surface area (Å²) in [4.78, 5) is 2.34. The number of fused-ring (bicyclic) bond motifs is 3. The van der Waals surface area contributed by atoms with Crippen LogP contribution >= 0.6 is 11.6 Å². The summed E-state index contributed by atoms with van der Waals surface area (Å²) in [7, 11) is 2.15. The average molecular weight is 355 g/mol. The van der Waals surface area contributed by atoms with Crippen LogP contribution in [-0.2, 0) is 13.0 Å². The Bertz CT molecular complexity index is 970. The summed E-state index contributed by atoms with van der Waals surface area (Å²) in [6, 6.07) is 12.7. The van der Waals surface area contributed by atoms with Crippen molar-refractivity contribution in [3.05, 3.63) is 70.1 Å². The van der Waals surface area contributed by atoms with Crippen LogP contribution in [0, 0.1) is 5.82 Å². The Kier molecular flexibility index (Phi) is 4.14. The molecule has 1 aliphatic heterocycles. The molecule has 0 radical (unpaired) electrons. The van der Waals surface area contributed by atoms with Crippen LogP contribution in [0.25, 0.3) is 22.7 Å². The van der Waals surface area contributed by atoms with Crippen LogP contribution in [0.15, 0.2) is 42.5 Å². The van der Waals surface area contributed by atoms with Gasteiger partial charge in [0.1, 0.15) is 5.82 Å². The molecule has 0 fully saturated rings. The molecule has 128 valence electrons. The van der Waals surface area contributed by atoms with Crippen molar-refractivity contribution < 1.29 is 4.39 Å². The fourth-order valence-corrected chi connectivity index (χ4v) is 3.80. The first-order valence-electron chi connectivity index (χ1n) is 8.47. The summed E-state index contributed by atoms with van der Waals surface area (Å²) in [5.41, 5.74) is 6.00. The zero-order chi connectivity index (χ0) is 17.6. The number of halogens is 2. The van der Waals surface area contributed by atoms with E-state index < -0.39 is 0 Å². The standard InChI is InChI=1S/C21H20ClFN2/c1-14(15-3-6-17(23)7-4-15)12-25-20-8-5-16(22)11-18(20)19-13-24(2)10-9-21(19)25/h3-8,11-12H,9-10,13H2,1-2H3. The third-order valence-electron chi connectivity index (χ3n) is 4.96. The van der Waals surface area contributed by atoms with E-state index in [1.54, 1.807) is 0 Å². The van der Waals surface area contributed by atoms with Crippen molar-refractivity contribution in [3.63, 3.8) is 0 Å². The van der Waals surface area contributed by atoms with Crippen LogP contribution in [0.1, 0.15) is 23.7 Å². The maximum absolute atomic E-state index is 13.2. The predicted octanol–water partition coefficient (Wildman–Crippen LogP) is 5.44. The van der Waals surface area contributed by atoms with Gasteiger partial charge in [0.05, 0.1) is 5.52 Å². The quantitative estimate of drug-likeness (QED) is 0.595. The third-order valence-corrected chi connectivity index (χ3v) is 5.20. The minimum atomic E-state index is -0.210. The maximum Gasteiger partial charge on any atom is 0.123 e. The van der Waals surface area contributed by atoms with Gasteiger partial charge in [0, 0.05) is 41.8 Å². The van der Waals surface area contributed by atoms with Gasteiger partial charge in [0.2, 0.25) is 0 Å². The molecule has 0 bridgehead atoms. The Labute approximate surface area is 152 Å². The highest BCUT2D eigenvalue weighted by atomic mass is 35.5. The van der Waals surface area contributed by atoms with Crippen molar-refractivity contribution in [3.8, 4) is 0 Å². The van der Waals surface area contributed by atoms with Gasteiger partial charge in [-0.1, -0.05) is 23.7 Å². The van der Waals surface area contributed by atoms with E-state index in [4.69, 9.17) is 11.6 Å². The lowest BCUT2D eigenvalue weighted by atomic mass is 10.1. The summed E-state index contributed by atoms with van der Waals surface area (Å²) in [5.74, 6) is -0.210. The zero-order valence-electron chi connectivity index (χ0n) is 14.4. The van der Waals surface area contributed by atoms with Gasteiger partial charge in [0.15, 0.2) is 0 Å². The second kappa shape index (κ2) is 6.32. The first-order valence-corrected chi connectivity index (χ1v) is 8.85. The topological polar surface area (TPSA) is 8.17 Å². The van der Waals surface area contributed by atoms with Crippen LogP contribution in [0.2, 0.25) is 5.02 Å². The van der Waals surface area contributed by atoms with Crippen molar-refractivity contribution in [1.29, 1.82) is 0 Å². The summed E-state index contributed by atoms with van der Waals surface area (Å²) in [5, 5.41) is 1.98. The Hall–Kier alpha value is -2.10. The number of nitrogens with zero attached hydrogens (tertiary/aromatic N) is 2. The summed E-state index contributed by atoms with van der Waals surface area (Å²) in [6.07, 6.45) is 3.17. The summed E-state index contributed by atoms with van der Waals surface area (Å²) >= 11 is 6.25. The van der Waals surface area contributed by atoms with Gasteiger partial charge in [-0.25, -0.2) is 4.39 Å². The van der Waals surface area contributed by atoms with Gasteiger partial charge in [-0.3, -0.25) is 0 Å². The molecule has 1 aliphatic rings. The fraction of sp³-hybridized carbons (Fsp3) is 0.238.